The lowest BCUT2D eigenvalue weighted by Crippen LogP contribution is -2.49. The number of anilines is 1. The van der Waals surface area contributed by atoms with Gasteiger partial charge in [0.1, 0.15) is 12.1 Å². The van der Waals surface area contributed by atoms with Gasteiger partial charge in [0.25, 0.3) is 5.91 Å². The fraction of sp³-hybridized carbons (Fsp3) is 0.471. The smallest absolute Gasteiger partial charge is 0.289 e. The monoisotopic (exact) mass is 327 g/mol. The molecule has 1 amide bonds. The lowest BCUT2D eigenvalue weighted by atomic mass is 10.1. The first-order chi connectivity index (χ1) is 11.8. The van der Waals surface area contributed by atoms with Crippen LogP contribution in [0.4, 0.5) is 5.82 Å². The summed E-state index contributed by atoms with van der Waals surface area (Å²) in [5.41, 5.74) is 2.41. The van der Waals surface area contributed by atoms with Crippen LogP contribution in [-0.2, 0) is 12.8 Å². The van der Waals surface area contributed by atoms with Crippen LogP contribution in [-0.4, -0.2) is 60.0 Å². The van der Waals surface area contributed by atoms with Crippen LogP contribution in [0.2, 0.25) is 0 Å². The van der Waals surface area contributed by atoms with Crippen LogP contribution in [0.3, 0.4) is 0 Å². The molecule has 1 N–H and O–H groups in total. The summed E-state index contributed by atoms with van der Waals surface area (Å²) in [5, 5.41) is 3.41. The summed E-state index contributed by atoms with van der Waals surface area (Å²) < 4.78 is 5.22. The molecule has 0 aliphatic carbocycles. The van der Waals surface area contributed by atoms with E-state index < -0.39 is 0 Å². The van der Waals surface area contributed by atoms with Crippen molar-refractivity contribution in [3.8, 4) is 0 Å². The highest BCUT2D eigenvalue weighted by molar-refractivity contribution is 5.91. The number of hydrogen-bond acceptors (Lipinski definition) is 6. The Kier molecular flexibility index (Phi) is 4.17. The van der Waals surface area contributed by atoms with Crippen LogP contribution in [0, 0.1) is 0 Å². The molecule has 7 heteroatoms. The molecule has 7 nitrogen and oxygen atoms in total. The SMILES string of the molecule is O=C(c1ccco1)N1CCN(c2ncnc3c2CCNCC3)CC1. The normalized spacial score (nSPS) is 18.2. The fourth-order valence-electron chi connectivity index (χ4n) is 3.40. The molecule has 0 spiro atoms. The predicted molar refractivity (Wildman–Crippen MR) is 89.1 cm³/mol. The maximum absolute atomic E-state index is 12.4. The van der Waals surface area contributed by atoms with E-state index in [2.05, 4.69) is 20.2 Å². The van der Waals surface area contributed by atoms with Crippen molar-refractivity contribution in [3.63, 3.8) is 0 Å². The third-order valence-corrected chi connectivity index (χ3v) is 4.70. The average Bonchev–Trinajstić information content (AvgIpc) is 3.06. The lowest BCUT2D eigenvalue weighted by Gasteiger charge is -2.36. The number of aromatic nitrogens is 2. The van der Waals surface area contributed by atoms with Gasteiger partial charge in [0.15, 0.2) is 5.76 Å². The molecule has 0 bridgehead atoms. The van der Waals surface area contributed by atoms with Crippen molar-refractivity contribution < 1.29 is 9.21 Å². The van der Waals surface area contributed by atoms with Crippen molar-refractivity contribution in [2.24, 2.45) is 0 Å². The van der Waals surface area contributed by atoms with E-state index in [1.807, 2.05) is 4.90 Å². The zero-order valence-corrected chi connectivity index (χ0v) is 13.6. The highest BCUT2D eigenvalue weighted by Gasteiger charge is 2.26. The Labute approximate surface area is 140 Å². The molecule has 4 heterocycles. The van der Waals surface area contributed by atoms with Crippen LogP contribution < -0.4 is 10.2 Å². The molecule has 0 aromatic carbocycles. The first-order valence-corrected chi connectivity index (χ1v) is 8.44. The molecule has 2 aliphatic heterocycles. The molecule has 0 radical (unpaired) electrons. The number of rotatable bonds is 2. The van der Waals surface area contributed by atoms with Gasteiger partial charge in [-0.1, -0.05) is 0 Å². The number of carbonyl (C=O) groups excluding carboxylic acids is 1. The Balaban J connectivity index is 1.47. The molecule has 1 saturated heterocycles. The number of furan rings is 1. The number of nitrogens with one attached hydrogen (secondary N) is 1. The second kappa shape index (κ2) is 6.60. The Hall–Kier alpha value is -2.41. The summed E-state index contributed by atoms with van der Waals surface area (Å²) in [4.78, 5) is 25.5. The summed E-state index contributed by atoms with van der Waals surface area (Å²) in [7, 11) is 0. The van der Waals surface area contributed by atoms with E-state index in [1.54, 1.807) is 18.5 Å². The summed E-state index contributed by atoms with van der Waals surface area (Å²) in [6, 6.07) is 3.46. The molecule has 0 saturated carbocycles. The largest absolute Gasteiger partial charge is 0.459 e. The molecule has 2 aromatic heterocycles. The molecule has 24 heavy (non-hydrogen) atoms. The topological polar surface area (TPSA) is 74.5 Å². The molecular weight excluding hydrogens is 306 g/mol. The Bertz CT molecular complexity index is 708. The minimum absolute atomic E-state index is 0.0367. The predicted octanol–water partition coefficient (Wildman–Crippen LogP) is 0.720. The van der Waals surface area contributed by atoms with Crippen LogP contribution >= 0.6 is 0 Å². The first kappa shape index (κ1) is 15.1. The van der Waals surface area contributed by atoms with Gasteiger partial charge in [0.05, 0.1) is 12.0 Å². The standard InChI is InChI=1S/C17H21N5O2/c23-17(15-2-1-11-24-15)22-9-7-21(8-10-22)16-13-3-5-18-6-4-14(13)19-12-20-16/h1-2,11-12,18H,3-10H2. The highest BCUT2D eigenvalue weighted by Crippen LogP contribution is 2.23. The number of carbonyl (C=O) groups is 1. The second-order valence-electron chi connectivity index (χ2n) is 6.13. The van der Waals surface area contributed by atoms with Gasteiger partial charge < -0.3 is 19.5 Å². The quantitative estimate of drug-likeness (QED) is 0.876. The molecule has 4 rings (SSSR count). The van der Waals surface area contributed by atoms with Crippen LogP contribution in [0.5, 0.6) is 0 Å². The van der Waals surface area contributed by atoms with Gasteiger partial charge in [-0.2, -0.15) is 0 Å². The van der Waals surface area contributed by atoms with E-state index in [4.69, 9.17) is 4.42 Å². The molecule has 0 unspecified atom stereocenters. The van der Waals surface area contributed by atoms with Crippen molar-refractivity contribution in [2.75, 3.05) is 44.2 Å². The number of hydrogen-bond donors (Lipinski definition) is 1. The van der Waals surface area contributed by atoms with Crippen molar-refractivity contribution in [1.29, 1.82) is 0 Å². The Morgan fingerprint density at radius 1 is 1.12 bits per heavy atom. The van der Waals surface area contributed by atoms with Gasteiger partial charge >= 0.3 is 0 Å². The molecule has 0 atom stereocenters. The summed E-state index contributed by atoms with van der Waals surface area (Å²) in [5.74, 6) is 1.41. The van der Waals surface area contributed by atoms with E-state index in [-0.39, 0.29) is 5.91 Å². The third-order valence-electron chi connectivity index (χ3n) is 4.70. The maximum atomic E-state index is 12.4. The Morgan fingerprint density at radius 3 is 2.75 bits per heavy atom. The van der Waals surface area contributed by atoms with E-state index in [0.717, 1.165) is 50.5 Å². The van der Waals surface area contributed by atoms with E-state index in [0.29, 0.717) is 18.8 Å². The van der Waals surface area contributed by atoms with Crippen LogP contribution in [0.15, 0.2) is 29.1 Å². The average molecular weight is 327 g/mol. The lowest BCUT2D eigenvalue weighted by molar-refractivity contribution is 0.0714. The fourth-order valence-corrected chi connectivity index (χ4v) is 3.40. The van der Waals surface area contributed by atoms with Gasteiger partial charge in [-0.15, -0.1) is 0 Å². The van der Waals surface area contributed by atoms with E-state index >= 15 is 0 Å². The first-order valence-electron chi connectivity index (χ1n) is 8.44. The summed E-state index contributed by atoms with van der Waals surface area (Å²) in [6.45, 7) is 4.85. The number of nitrogens with zero attached hydrogens (tertiary/aromatic N) is 4. The van der Waals surface area contributed by atoms with E-state index in [9.17, 15) is 4.79 Å². The van der Waals surface area contributed by atoms with Crippen molar-refractivity contribution in [3.05, 3.63) is 41.7 Å². The number of fused-ring (bicyclic) bond motifs is 1. The molecule has 126 valence electrons. The van der Waals surface area contributed by atoms with Crippen molar-refractivity contribution >= 4 is 11.7 Å². The molecule has 2 aromatic rings. The molecule has 1 fully saturated rings. The van der Waals surface area contributed by atoms with Gasteiger partial charge in [-0.3, -0.25) is 4.79 Å². The van der Waals surface area contributed by atoms with E-state index in [1.165, 1.54) is 11.8 Å². The molecular formula is C17H21N5O2. The van der Waals surface area contributed by atoms with Gasteiger partial charge in [-0.05, 0) is 25.1 Å². The van der Waals surface area contributed by atoms with Gasteiger partial charge in [0, 0.05) is 44.7 Å². The minimum atomic E-state index is -0.0367. The zero-order valence-electron chi connectivity index (χ0n) is 13.6. The maximum Gasteiger partial charge on any atom is 0.289 e. The molecule has 2 aliphatic rings. The second-order valence-corrected chi connectivity index (χ2v) is 6.13. The summed E-state index contributed by atoms with van der Waals surface area (Å²) in [6.07, 6.45) is 5.10. The highest BCUT2D eigenvalue weighted by atomic mass is 16.3. The number of piperazine rings is 1. The van der Waals surface area contributed by atoms with Crippen LogP contribution in [0.25, 0.3) is 0 Å². The van der Waals surface area contributed by atoms with Gasteiger partial charge in [-0.25, -0.2) is 9.97 Å². The number of amides is 1. The zero-order chi connectivity index (χ0) is 16.4. The third kappa shape index (κ3) is 2.87. The van der Waals surface area contributed by atoms with Crippen LogP contribution in [0.1, 0.15) is 21.8 Å². The Morgan fingerprint density at radius 2 is 1.96 bits per heavy atom. The van der Waals surface area contributed by atoms with Gasteiger partial charge in [0.2, 0.25) is 0 Å². The van der Waals surface area contributed by atoms with Crippen molar-refractivity contribution in [1.82, 2.24) is 20.2 Å². The minimum Gasteiger partial charge on any atom is -0.459 e. The summed E-state index contributed by atoms with van der Waals surface area (Å²) >= 11 is 0. The van der Waals surface area contributed by atoms with Crippen molar-refractivity contribution in [2.45, 2.75) is 12.8 Å².